The van der Waals surface area contributed by atoms with Crippen LogP contribution in [0.15, 0.2) is 66.1 Å². The minimum atomic E-state index is -4.82. The summed E-state index contributed by atoms with van der Waals surface area (Å²) in [4.78, 5) is 25.9. The van der Waals surface area contributed by atoms with Gasteiger partial charge in [-0.25, -0.2) is 0 Å². The Labute approximate surface area is 215 Å². The van der Waals surface area contributed by atoms with E-state index in [1.807, 2.05) is 0 Å². The first-order valence-corrected chi connectivity index (χ1v) is 11.0. The van der Waals surface area contributed by atoms with E-state index in [4.69, 9.17) is 18.9 Å². The summed E-state index contributed by atoms with van der Waals surface area (Å²) in [6.07, 6.45) is -0.376. The Balaban J connectivity index is 1.72. The summed E-state index contributed by atoms with van der Waals surface area (Å²) in [5, 5.41) is 0. The summed E-state index contributed by atoms with van der Waals surface area (Å²) in [6.45, 7) is 0. The third-order valence-electron chi connectivity index (χ3n) is 5.97. The molecule has 2 aromatic rings. The Morgan fingerprint density at radius 1 is 0.895 bits per heavy atom. The Hall–Kier alpha value is -4.61. The fourth-order valence-electron chi connectivity index (χ4n) is 4.36. The predicted molar refractivity (Wildman–Crippen MR) is 129 cm³/mol. The Morgan fingerprint density at radius 3 is 2.18 bits per heavy atom. The standard InChI is InChI=1S/C26H23F3N2O7/c1-34-16-9-17-18(24(33)31-30-14-5-7-15(8-6-14)38-26(27,28)29)12-25(23(17)20(10-16)35-2)13-21(36-3)19(32)11-22(25)37-4/h5-13,30H,1-4H3,(H,31,33). The van der Waals surface area contributed by atoms with Gasteiger partial charge < -0.3 is 23.7 Å². The van der Waals surface area contributed by atoms with Crippen LogP contribution in [-0.2, 0) is 24.5 Å². The molecule has 2 N–H and O–H groups in total. The number of benzene rings is 2. The maximum absolute atomic E-state index is 13.4. The molecule has 2 aromatic carbocycles. The molecule has 1 unspecified atom stereocenters. The lowest BCUT2D eigenvalue weighted by Crippen LogP contribution is -2.30. The normalized spacial score (nSPS) is 18.1. The molecule has 200 valence electrons. The quantitative estimate of drug-likeness (QED) is 0.492. The molecular formula is C26H23F3N2O7. The van der Waals surface area contributed by atoms with Crippen molar-refractivity contribution in [2.75, 3.05) is 33.9 Å². The minimum Gasteiger partial charge on any atom is -0.499 e. The SMILES string of the molecule is COC1=CC2(C=C(C(=O)NNc3ccc(OC(F)(F)F)cc3)c3cc(OC)cc(OC)c32)C(OC)=CC1=O. The molecule has 0 saturated heterocycles. The second-order valence-corrected chi connectivity index (χ2v) is 8.12. The van der Waals surface area contributed by atoms with Crippen LogP contribution < -0.4 is 25.1 Å². The van der Waals surface area contributed by atoms with Crippen LogP contribution >= 0.6 is 0 Å². The lowest BCUT2D eigenvalue weighted by Gasteiger charge is -2.31. The summed E-state index contributed by atoms with van der Waals surface area (Å²) in [5.74, 6) is -0.333. The van der Waals surface area contributed by atoms with Gasteiger partial charge in [-0.05, 0) is 48.0 Å². The van der Waals surface area contributed by atoms with E-state index >= 15 is 0 Å². The lowest BCUT2D eigenvalue weighted by atomic mass is 9.76. The maximum Gasteiger partial charge on any atom is 0.573 e. The second kappa shape index (κ2) is 10.0. The lowest BCUT2D eigenvalue weighted by molar-refractivity contribution is -0.274. The van der Waals surface area contributed by atoms with E-state index in [0.29, 0.717) is 28.3 Å². The molecule has 38 heavy (non-hydrogen) atoms. The number of ketones is 1. The number of alkyl halides is 3. The molecule has 4 rings (SSSR count). The number of hydrogen-bond acceptors (Lipinski definition) is 8. The highest BCUT2D eigenvalue weighted by atomic mass is 19.4. The molecule has 12 heteroatoms. The number of methoxy groups -OCH3 is 4. The molecule has 2 aliphatic carbocycles. The van der Waals surface area contributed by atoms with Gasteiger partial charge in [0.2, 0.25) is 5.78 Å². The number of carbonyl (C=O) groups excluding carboxylic acids is 2. The smallest absolute Gasteiger partial charge is 0.499 e. The Morgan fingerprint density at radius 2 is 1.61 bits per heavy atom. The highest BCUT2D eigenvalue weighted by Crippen LogP contribution is 2.53. The van der Waals surface area contributed by atoms with Crippen molar-refractivity contribution in [3.8, 4) is 17.2 Å². The van der Waals surface area contributed by atoms with Crippen molar-refractivity contribution >= 4 is 23.0 Å². The number of amides is 1. The average molecular weight is 532 g/mol. The van der Waals surface area contributed by atoms with E-state index in [9.17, 15) is 22.8 Å². The molecular weight excluding hydrogens is 509 g/mol. The van der Waals surface area contributed by atoms with Gasteiger partial charge in [-0.3, -0.25) is 20.4 Å². The van der Waals surface area contributed by atoms with E-state index in [1.54, 1.807) is 24.3 Å². The summed E-state index contributed by atoms with van der Waals surface area (Å²) in [7, 11) is 5.68. The van der Waals surface area contributed by atoms with E-state index in [0.717, 1.165) is 12.1 Å². The summed E-state index contributed by atoms with van der Waals surface area (Å²) >= 11 is 0. The molecule has 2 aliphatic rings. The molecule has 1 spiro atoms. The van der Waals surface area contributed by atoms with Crippen LogP contribution in [0.5, 0.6) is 17.2 Å². The van der Waals surface area contributed by atoms with Crippen molar-refractivity contribution < 1.29 is 46.4 Å². The van der Waals surface area contributed by atoms with E-state index in [1.165, 1.54) is 46.6 Å². The number of nitrogens with one attached hydrogen (secondary N) is 2. The number of allylic oxidation sites excluding steroid dienone is 2. The largest absolute Gasteiger partial charge is 0.573 e. The van der Waals surface area contributed by atoms with E-state index in [-0.39, 0.29) is 17.1 Å². The molecule has 1 amide bonds. The van der Waals surface area contributed by atoms with Crippen LogP contribution in [0.3, 0.4) is 0 Å². The third-order valence-corrected chi connectivity index (χ3v) is 5.97. The third kappa shape index (κ3) is 4.84. The molecule has 0 fully saturated rings. The van der Waals surface area contributed by atoms with E-state index in [2.05, 4.69) is 15.6 Å². The molecule has 0 heterocycles. The monoisotopic (exact) mass is 532 g/mol. The van der Waals surface area contributed by atoms with Crippen molar-refractivity contribution in [2.45, 2.75) is 11.8 Å². The molecule has 1 atom stereocenters. The van der Waals surface area contributed by atoms with Crippen LogP contribution in [0.1, 0.15) is 11.1 Å². The van der Waals surface area contributed by atoms with Crippen LogP contribution in [0.2, 0.25) is 0 Å². The number of ether oxygens (including phenoxy) is 5. The zero-order valence-corrected chi connectivity index (χ0v) is 20.7. The van der Waals surface area contributed by atoms with Crippen molar-refractivity contribution in [3.63, 3.8) is 0 Å². The fraction of sp³-hybridized carbons (Fsp3) is 0.231. The van der Waals surface area contributed by atoms with Crippen molar-refractivity contribution in [3.05, 3.63) is 77.3 Å². The van der Waals surface area contributed by atoms with Crippen molar-refractivity contribution in [1.82, 2.24) is 5.43 Å². The molecule has 0 aromatic heterocycles. The van der Waals surface area contributed by atoms with Gasteiger partial charge in [0.25, 0.3) is 5.91 Å². The van der Waals surface area contributed by atoms with Gasteiger partial charge in [0.1, 0.15) is 23.0 Å². The van der Waals surface area contributed by atoms with Crippen LogP contribution in [-0.4, -0.2) is 46.5 Å². The van der Waals surface area contributed by atoms with Gasteiger partial charge in [-0.1, -0.05) is 0 Å². The number of fused-ring (bicyclic) bond motifs is 2. The van der Waals surface area contributed by atoms with Crippen LogP contribution in [0.25, 0.3) is 5.57 Å². The Bertz CT molecular complexity index is 1360. The molecule has 0 radical (unpaired) electrons. The fourth-order valence-corrected chi connectivity index (χ4v) is 4.36. The minimum absolute atomic E-state index is 0.0480. The average Bonchev–Trinajstić information content (AvgIpc) is 3.22. The van der Waals surface area contributed by atoms with Gasteiger partial charge in [0.05, 0.1) is 39.5 Å². The number of carbonyl (C=O) groups is 2. The number of hydrazine groups is 1. The number of halogens is 3. The molecule has 9 nitrogen and oxygen atoms in total. The second-order valence-electron chi connectivity index (χ2n) is 8.12. The van der Waals surface area contributed by atoms with Gasteiger partial charge >= 0.3 is 6.36 Å². The molecule has 0 saturated carbocycles. The van der Waals surface area contributed by atoms with Gasteiger partial charge in [-0.15, -0.1) is 13.2 Å². The Kier molecular flexibility index (Phi) is 6.99. The first-order chi connectivity index (χ1) is 18.0. The topological polar surface area (TPSA) is 104 Å². The highest BCUT2D eigenvalue weighted by molar-refractivity contribution is 6.23. The number of hydrogen-bond donors (Lipinski definition) is 2. The van der Waals surface area contributed by atoms with Gasteiger partial charge in [0.15, 0.2) is 5.76 Å². The highest BCUT2D eigenvalue weighted by Gasteiger charge is 2.48. The zero-order chi connectivity index (χ0) is 27.7. The summed E-state index contributed by atoms with van der Waals surface area (Å²) < 4.78 is 62.9. The molecule has 0 bridgehead atoms. The zero-order valence-electron chi connectivity index (χ0n) is 20.7. The van der Waals surface area contributed by atoms with Gasteiger partial charge in [-0.2, -0.15) is 0 Å². The first-order valence-electron chi connectivity index (χ1n) is 11.0. The summed E-state index contributed by atoms with van der Waals surface area (Å²) in [6, 6.07) is 8.09. The van der Waals surface area contributed by atoms with Crippen LogP contribution in [0.4, 0.5) is 18.9 Å². The number of anilines is 1. The summed E-state index contributed by atoms with van der Waals surface area (Å²) in [5.41, 5.74) is 5.43. The van der Waals surface area contributed by atoms with Crippen molar-refractivity contribution in [1.29, 1.82) is 0 Å². The predicted octanol–water partition coefficient (Wildman–Crippen LogP) is 4.02. The van der Waals surface area contributed by atoms with Crippen LogP contribution in [0, 0.1) is 0 Å². The van der Waals surface area contributed by atoms with Gasteiger partial charge in [0, 0.05) is 23.3 Å². The maximum atomic E-state index is 13.4. The van der Waals surface area contributed by atoms with E-state index < -0.39 is 29.2 Å². The first kappa shape index (κ1) is 26.5. The van der Waals surface area contributed by atoms with Crippen molar-refractivity contribution in [2.24, 2.45) is 0 Å². The molecule has 0 aliphatic heterocycles. The number of rotatable bonds is 8.